The lowest BCUT2D eigenvalue weighted by Crippen LogP contribution is -2.40. The number of aryl methyl sites for hydroxylation is 2. The van der Waals surface area contributed by atoms with Gasteiger partial charge >= 0.3 is 11.9 Å². The van der Waals surface area contributed by atoms with Crippen molar-refractivity contribution in [3.63, 3.8) is 0 Å². The average Bonchev–Trinajstić information content (AvgIpc) is 2.27. The first-order valence-electron chi connectivity index (χ1n) is 5.29. The van der Waals surface area contributed by atoms with E-state index in [9.17, 15) is 9.59 Å². The highest BCUT2D eigenvalue weighted by Gasteiger charge is 2.28. The molecule has 1 aromatic carbocycles. The van der Waals surface area contributed by atoms with Crippen LogP contribution in [0.15, 0.2) is 17.0 Å². The number of carboxylic acids is 1. The van der Waals surface area contributed by atoms with E-state index < -0.39 is 11.9 Å². The highest BCUT2D eigenvalue weighted by molar-refractivity contribution is 7.99. The van der Waals surface area contributed by atoms with Gasteiger partial charge in [-0.05, 0) is 31.0 Å². The number of nitrogens with zero attached hydrogens (tertiary/aromatic N) is 1. The molecule has 2 rings (SSSR count). The van der Waals surface area contributed by atoms with E-state index in [0.29, 0.717) is 6.54 Å². The molecule has 0 aromatic heterocycles. The Hall–Kier alpha value is -1.49. The third kappa shape index (κ3) is 2.15. The van der Waals surface area contributed by atoms with E-state index in [1.807, 2.05) is 26.0 Å². The maximum Gasteiger partial charge on any atom is 0.394 e. The number of hydrogen-bond acceptors (Lipinski definition) is 3. The standard InChI is InChI=1S/C12H13NO3S/c1-7-5-8(2)10-9(6-7)13(3-4-17-10)11(14)12(15)16/h5-6H,3-4H2,1-2H3,(H,15,16). The van der Waals surface area contributed by atoms with Gasteiger partial charge in [0.05, 0.1) is 5.69 Å². The molecule has 0 saturated carbocycles. The minimum atomic E-state index is -1.40. The summed E-state index contributed by atoms with van der Waals surface area (Å²) < 4.78 is 0. The number of rotatable bonds is 0. The van der Waals surface area contributed by atoms with Gasteiger partial charge in [-0.3, -0.25) is 4.79 Å². The molecule has 1 aromatic rings. The minimum absolute atomic E-state index is 0.450. The fourth-order valence-corrected chi connectivity index (χ4v) is 3.09. The van der Waals surface area contributed by atoms with Gasteiger partial charge in [0, 0.05) is 17.2 Å². The fraction of sp³-hybridized carbons (Fsp3) is 0.333. The van der Waals surface area contributed by atoms with Crippen LogP contribution in [0.5, 0.6) is 0 Å². The van der Waals surface area contributed by atoms with Gasteiger partial charge in [-0.25, -0.2) is 4.79 Å². The largest absolute Gasteiger partial charge is 0.474 e. The molecule has 1 N–H and O–H groups in total. The molecule has 0 saturated heterocycles. The molecule has 5 heteroatoms. The Balaban J connectivity index is 2.51. The molecule has 1 aliphatic heterocycles. The monoisotopic (exact) mass is 251 g/mol. The minimum Gasteiger partial charge on any atom is -0.474 e. The maximum atomic E-state index is 11.6. The van der Waals surface area contributed by atoms with E-state index in [1.54, 1.807) is 11.8 Å². The van der Waals surface area contributed by atoms with Crippen molar-refractivity contribution >= 4 is 29.3 Å². The second kappa shape index (κ2) is 4.41. The summed E-state index contributed by atoms with van der Waals surface area (Å²) in [5, 5.41) is 8.80. The molecule has 0 spiro atoms. The van der Waals surface area contributed by atoms with Gasteiger partial charge in [0.1, 0.15) is 0 Å². The maximum absolute atomic E-state index is 11.6. The predicted molar refractivity (Wildman–Crippen MR) is 66.6 cm³/mol. The number of carboxylic acid groups (broad SMARTS) is 1. The summed E-state index contributed by atoms with van der Waals surface area (Å²) in [5.41, 5.74) is 2.85. The van der Waals surface area contributed by atoms with Crippen molar-refractivity contribution in [2.75, 3.05) is 17.2 Å². The van der Waals surface area contributed by atoms with Crippen molar-refractivity contribution in [3.05, 3.63) is 23.3 Å². The summed E-state index contributed by atoms with van der Waals surface area (Å²) in [6, 6.07) is 3.91. The Kier molecular flexibility index (Phi) is 3.11. The Morgan fingerprint density at radius 1 is 1.35 bits per heavy atom. The van der Waals surface area contributed by atoms with Crippen LogP contribution in [0.3, 0.4) is 0 Å². The molecule has 1 heterocycles. The van der Waals surface area contributed by atoms with E-state index in [1.165, 1.54) is 4.90 Å². The van der Waals surface area contributed by atoms with E-state index in [-0.39, 0.29) is 0 Å². The van der Waals surface area contributed by atoms with Crippen molar-refractivity contribution in [1.82, 2.24) is 0 Å². The number of carbonyl (C=O) groups is 2. The normalized spacial score (nSPS) is 14.4. The van der Waals surface area contributed by atoms with E-state index in [2.05, 4.69) is 0 Å². The number of amides is 1. The number of carbonyl (C=O) groups excluding carboxylic acids is 1. The molecule has 90 valence electrons. The number of aliphatic carboxylic acids is 1. The molecule has 1 aliphatic rings. The smallest absolute Gasteiger partial charge is 0.394 e. The Bertz CT molecular complexity index is 499. The van der Waals surface area contributed by atoms with Crippen molar-refractivity contribution in [1.29, 1.82) is 0 Å². The highest BCUT2D eigenvalue weighted by atomic mass is 32.2. The molecule has 0 atom stereocenters. The second-order valence-corrected chi connectivity index (χ2v) is 5.15. The van der Waals surface area contributed by atoms with Crippen molar-refractivity contribution in [2.24, 2.45) is 0 Å². The Morgan fingerprint density at radius 3 is 2.71 bits per heavy atom. The van der Waals surface area contributed by atoms with Gasteiger partial charge in [0.2, 0.25) is 0 Å². The van der Waals surface area contributed by atoms with Crippen LogP contribution in [0.1, 0.15) is 11.1 Å². The molecular formula is C12H13NO3S. The van der Waals surface area contributed by atoms with Gasteiger partial charge in [-0.1, -0.05) is 6.07 Å². The lowest BCUT2D eigenvalue weighted by Gasteiger charge is -2.29. The van der Waals surface area contributed by atoms with Gasteiger partial charge < -0.3 is 10.0 Å². The zero-order valence-corrected chi connectivity index (χ0v) is 10.5. The van der Waals surface area contributed by atoms with Crippen LogP contribution in [-0.4, -0.2) is 29.3 Å². The van der Waals surface area contributed by atoms with Gasteiger partial charge in [0.15, 0.2) is 0 Å². The molecule has 1 amide bonds. The van der Waals surface area contributed by atoms with Crippen LogP contribution < -0.4 is 4.90 Å². The Morgan fingerprint density at radius 2 is 2.06 bits per heavy atom. The first-order valence-corrected chi connectivity index (χ1v) is 6.28. The highest BCUT2D eigenvalue weighted by Crippen LogP contribution is 2.38. The summed E-state index contributed by atoms with van der Waals surface area (Å²) >= 11 is 1.67. The van der Waals surface area contributed by atoms with Crippen LogP contribution in [0, 0.1) is 13.8 Å². The molecule has 0 radical (unpaired) electrons. The summed E-state index contributed by atoms with van der Waals surface area (Å²) in [5.74, 6) is -1.52. The van der Waals surface area contributed by atoms with Crippen LogP contribution in [0.4, 0.5) is 5.69 Å². The number of benzene rings is 1. The average molecular weight is 251 g/mol. The van der Waals surface area contributed by atoms with Gasteiger partial charge in [-0.15, -0.1) is 11.8 Å². The number of anilines is 1. The van der Waals surface area contributed by atoms with E-state index in [4.69, 9.17) is 5.11 Å². The lowest BCUT2D eigenvalue weighted by atomic mass is 10.1. The predicted octanol–water partition coefficient (Wildman–Crippen LogP) is 1.83. The number of hydrogen-bond donors (Lipinski definition) is 1. The third-order valence-electron chi connectivity index (χ3n) is 2.68. The molecule has 17 heavy (non-hydrogen) atoms. The van der Waals surface area contributed by atoms with E-state index >= 15 is 0 Å². The van der Waals surface area contributed by atoms with Crippen LogP contribution >= 0.6 is 11.8 Å². The lowest BCUT2D eigenvalue weighted by molar-refractivity contribution is -0.148. The Labute approximate surface area is 104 Å². The number of thioether (sulfide) groups is 1. The van der Waals surface area contributed by atoms with Crippen LogP contribution in [0.2, 0.25) is 0 Å². The summed E-state index contributed by atoms with van der Waals surface area (Å²) in [6.45, 7) is 4.37. The second-order valence-electron chi connectivity index (χ2n) is 4.04. The van der Waals surface area contributed by atoms with Gasteiger partial charge in [0.25, 0.3) is 0 Å². The molecular weight excluding hydrogens is 238 g/mol. The van der Waals surface area contributed by atoms with Crippen LogP contribution in [-0.2, 0) is 9.59 Å². The quantitative estimate of drug-likeness (QED) is 0.715. The van der Waals surface area contributed by atoms with Crippen molar-refractivity contribution < 1.29 is 14.7 Å². The first kappa shape index (κ1) is 12.0. The summed E-state index contributed by atoms with van der Waals surface area (Å²) in [4.78, 5) is 24.7. The summed E-state index contributed by atoms with van der Waals surface area (Å²) in [6.07, 6.45) is 0. The fourth-order valence-electron chi connectivity index (χ4n) is 2.01. The third-order valence-corrected chi connectivity index (χ3v) is 3.89. The van der Waals surface area contributed by atoms with E-state index in [0.717, 1.165) is 27.5 Å². The van der Waals surface area contributed by atoms with Crippen molar-refractivity contribution in [3.8, 4) is 0 Å². The molecule has 4 nitrogen and oxygen atoms in total. The zero-order chi connectivity index (χ0) is 12.6. The zero-order valence-electron chi connectivity index (χ0n) is 9.69. The molecule has 0 unspecified atom stereocenters. The number of fused-ring (bicyclic) bond motifs is 1. The molecule has 0 aliphatic carbocycles. The van der Waals surface area contributed by atoms with Crippen molar-refractivity contribution in [2.45, 2.75) is 18.7 Å². The molecule has 0 bridgehead atoms. The van der Waals surface area contributed by atoms with Gasteiger partial charge in [-0.2, -0.15) is 0 Å². The first-order chi connectivity index (χ1) is 8.00. The summed E-state index contributed by atoms with van der Waals surface area (Å²) in [7, 11) is 0. The molecule has 0 fully saturated rings. The van der Waals surface area contributed by atoms with Crippen LogP contribution in [0.25, 0.3) is 0 Å². The SMILES string of the molecule is Cc1cc(C)c2c(c1)N(C(=O)C(=O)O)CCS2. The topological polar surface area (TPSA) is 57.6 Å².